The van der Waals surface area contributed by atoms with Gasteiger partial charge in [-0.05, 0) is 28.7 Å². The lowest BCUT2D eigenvalue weighted by Crippen LogP contribution is -1.90. The molecule has 1 heteroatoms. The van der Waals surface area contributed by atoms with E-state index in [2.05, 4.69) is 62.4 Å². The summed E-state index contributed by atoms with van der Waals surface area (Å²) >= 11 is 0. The van der Waals surface area contributed by atoms with E-state index in [0.29, 0.717) is 0 Å². The van der Waals surface area contributed by atoms with Crippen molar-refractivity contribution in [1.82, 2.24) is 0 Å². The third-order valence-corrected chi connectivity index (χ3v) is 7.53. The number of rotatable bonds is 14. The van der Waals surface area contributed by atoms with E-state index in [4.69, 9.17) is 0 Å². The molecule has 0 fully saturated rings. The Hall–Kier alpha value is -1.34. The molecule has 0 heterocycles. The average molecular weight is 421 g/mol. The van der Waals surface area contributed by atoms with E-state index >= 15 is 0 Å². The average Bonchev–Trinajstić information content (AvgIpc) is 3.16. The molecule has 1 aliphatic rings. The minimum absolute atomic E-state index is 1.10. The van der Waals surface area contributed by atoms with Crippen LogP contribution in [-0.2, 0) is 6.42 Å². The molecule has 0 nitrogen and oxygen atoms in total. The van der Waals surface area contributed by atoms with Gasteiger partial charge in [-0.15, -0.1) is 0 Å². The molecule has 30 heavy (non-hydrogen) atoms. The SMILES string of the molecule is CCCCCCCC[Si]CCCCCCCC.c1ccc2c(c1)Cc1ccccc1-2. The van der Waals surface area contributed by atoms with E-state index < -0.39 is 0 Å². The summed E-state index contributed by atoms with van der Waals surface area (Å²) in [5.74, 6) is 0. The number of hydrogen-bond donors (Lipinski definition) is 0. The summed E-state index contributed by atoms with van der Waals surface area (Å²) in [6.07, 6.45) is 18.6. The van der Waals surface area contributed by atoms with Gasteiger partial charge in [-0.2, -0.15) is 0 Å². The van der Waals surface area contributed by atoms with E-state index in [1.54, 1.807) is 0 Å². The maximum Gasteiger partial charge on any atom is 0.0378 e. The van der Waals surface area contributed by atoms with Crippen LogP contribution in [0, 0.1) is 0 Å². The molecule has 0 N–H and O–H groups in total. The van der Waals surface area contributed by atoms with E-state index in [0.717, 1.165) is 6.42 Å². The first-order valence-electron chi connectivity index (χ1n) is 12.7. The Labute approximate surface area is 189 Å². The topological polar surface area (TPSA) is 0 Å². The van der Waals surface area contributed by atoms with Crippen molar-refractivity contribution >= 4 is 9.52 Å². The normalized spacial score (nSPS) is 11.5. The Balaban J connectivity index is 0.000000218. The number of hydrogen-bond acceptors (Lipinski definition) is 0. The molecule has 0 aliphatic heterocycles. The summed E-state index contributed by atoms with van der Waals surface area (Å²) in [7, 11) is 1.26. The quantitative estimate of drug-likeness (QED) is 0.180. The van der Waals surface area contributed by atoms with Gasteiger partial charge in [0.1, 0.15) is 0 Å². The van der Waals surface area contributed by atoms with Crippen molar-refractivity contribution in [2.24, 2.45) is 0 Å². The van der Waals surface area contributed by atoms with Crippen LogP contribution in [0.4, 0.5) is 0 Å². The second kappa shape index (κ2) is 16.4. The van der Waals surface area contributed by atoms with Crippen LogP contribution in [0.15, 0.2) is 48.5 Å². The van der Waals surface area contributed by atoms with Crippen molar-refractivity contribution in [3.8, 4) is 11.1 Å². The highest BCUT2D eigenvalue weighted by molar-refractivity contribution is 6.35. The van der Waals surface area contributed by atoms with Gasteiger partial charge in [0.2, 0.25) is 0 Å². The number of benzene rings is 2. The molecule has 0 atom stereocenters. The minimum atomic E-state index is 1.10. The fourth-order valence-corrected chi connectivity index (χ4v) is 5.52. The maximum atomic E-state index is 2.29. The van der Waals surface area contributed by atoms with E-state index in [1.807, 2.05) is 0 Å². The monoisotopic (exact) mass is 420 g/mol. The van der Waals surface area contributed by atoms with Crippen LogP contribution >= 0.6 is 0 Å². The van der Waals surface area contributed by atoms with E-state index in [-0.39, 0.29) is 0 Å². The molecule has 2 radical (unpaired) electrons. The fraction of sp³-hybridized carbons (Fsp3) is 0.586. The highest BCUT2D eigenvalue weighted by Crippen LogP contribution is 2.35. The molecule has 2 aromatic rings. The molecular formula is C29H44Si. The van der Waals surface area contributed by atoms with Crippen LogP contribution < -0.4 is 0 Å². The van der Waals surface area contributed by atoms with Crippen LogP contribution in [0.3, 0.4) is 0 Å². The molecule has 0 amide bonds. The molecule has 1 aliphatic carbocycles. The van der Waals surface area contributed by atoms with Gasteiger partial charge in [0.25, 0.3) is 0 Å². The van der Waals surface area contributed by atoms with E-state index in [1.165, 1.54) is 121 Å². The largest absolute Gasteiger partial charge is 0.0654 e. The molecule has 0 spiro atoms. The molecule has 0 bridgehead atoms. The van der Waals surface area contributed by atoms with Crippen molar-refractivity contribution in [2.45, 2.75) is 109 Å². The molecule has 0 saturated heterocycles. The van der Waals surface area contributed by atoms with Gasteiger partial charge >= 0.3 is 0 Å². The van der Waals surface area contributed by atoms with Crippen molar-refractivity contribution < 1.29 is 0 Å². The van der Waals surface area contributed by atoms with Crippen LogP contribution in [0.25, 0.3) is 11.1 Å². The maximum absolute atomic E-state index is 2.29. The highest BCUT2D eigenvalue weighted by Gasteiger charge is 2.15. The Morgan fingerprint density at radius 2 is 0.933 bits per heavy atom. The first kappa shape index (κ1) is 24.9. The second-order valence-electron chi connectivity index (χ2n) is 8.78. The highest BCUT2D eigenvalue weighted by atomic mass is 28.2. The van der Waals surface area contributed by atoms with Gasteiger partial charge in [0.05, 0.1) is 0 Å². The van der Waals surface area contributed by atoms with Gasteiger partial charge < -0.3 is 0 Å². The first-order chi connectivity index (χ1) is 14.9. The lowest BCUT2D eigenvalue weighted by atomic mass is 10.1. The Bertz CT molecular complexity index is 618. The van der Waals surface area contributed by atoms with Crippen LogP contribution in [0.1, 0.15) is 102 Å². The second-order valence-corrected chi connectivity index (χ2v) is 10.3. The smallest absolute Gasteiger partial charge is 0.0378 e. The molecule has 3 rings (SSSR count). The third kappa shape index (κ3) is 9.64. The van der Waals surface area contributed by atoms with Gasteiger partial charge in [0.15, 0.2) is 0 Å². The predicted octanol–water partition coefficient (Wildman–Crippen LogP) is 9.51. The molecular weight excluding hydrogens is 376 g/mol. The van der Waals surface area contributed by atoms with Gasteiger partial charge in [-0.1, -0.05) is 152 Å². The number of fused-ring (bicyclic) bond motifs is 3. The van der Waals surface area contributed by atoms with Gasteiger partial charge in [0, 0.05) is 9.52 Å². The predicted molar refractivity (Wildman–Crippen MR) is 137 cm³/mol. The lowest BCUT2D eigenvalue weighted by molar-refractivity contribution is 0.618. The van der Waals surface area contributed by atoms with Crippen LogP contribution in [0.5, 0.6) is 0 Å². The summed E-state index contributed by atoms with van der Waals surface area (Å²) in [6.45, 7) is 4.59. The summed E-state index contributed by atoms with van der Waals surface area (Å²) in [5.41, 5.74) is 5.75. The Morgan fingerprint density at radius 3 is 1.40 bits per heavy atom. The third-order valence-electron chi connectivity index (χ3n) is 6.12. The summed E-state index contributed by atoms with van der Waals surface area (Å²) in [6, 6.07) is 20.3. The molecule has 0 saturated carbocycles. The number of unbranched alkanes of at least 4 members (excludes halogenated alkanes) is 10. The summed E-state index contributed by atoms with van der Waals surface area (Å²) in [5, 5.41) is 0. The van der Waals surface area contributed by atoms with Crippen LogP contribution in [-0.4, -0.2) is 9.52 Å². The summed E-state index contributed by atoms with van der Waals surface area (Å²) in [4.78, 5) is 0. The summed E-state index contributed by atoms with van der Waals surface area (Å²) < 4.78 is 0. The minimum Gasteiger partial charge on any atom is -0.0654 e. The zero-order valence-corrected chi connectivity index (χ0v) is 20.7. The standard InChI is InChI=1S/C16H34Si.C13H10/c1-3-5-7-9-11-13-15-17-16-14-12-10-8-6-4-2;1-3-7-12-10(5-1)9-11-6-2-4-8-13(11)12/h3-16H2,1-2H3;1-8H,9H2. The first-order valence-corrected chi connectivity index (χ1v) is 14.1. The molecule has 2 aromatic carbocycles. The lowest BCUT2D eigenvalue weighted by Gasteiger charge is -2.01. The van der Waals surface area contributed by atoms with Gasteiger partial charge in [-0.25, -0.2) is 0 Å². The molecule has 164 valence electrons. The van der Waals surface area contributed by atoms with Crippen LogP contribution in [0.2, 0.25) is 12.1 Å². The zero-order valence-electron chi connectivity index (χ0n) is 19.7. The van der Waals surface area contributed by atoms with Crippen molar-refractivity contribution in [2.75, 3.05) is 0 Å². The Morgan fingerprint density at radius 1 is 0.533 bits per heavy atom. The zero-order chi connectivity index (χ0) is 21.3. The fourth-order valence-electron chi connectivity index (χ4n) is 4.27. The van der Waals surface area contributed by atoms with Crippen molar-refractivity contribution in [3.63, 3.8) is 0 Å². The van der Waals surface area contributed by atoms with Crippen molar-refractivity contribution in [3.05, 3.63) is 59.7 Å². The van der Waals surface area contributed by atoms with E-state index in [9.17, 15) is 0 Å². The Kier molecular flexibility index (Phi) is 13.6. The van der Waals surface area contributed by atoms with Crippen molar-refractivity contribution in [1.29, 1.82) is 0 Å². The molecule has 0 aromatic heterocycles. The molecule has 0 unspecified atom stereocenters. The van der Waals surface area contributed by atoms with Gasteiger partial charge in [-0.3, -0.25) is 0 Å².